The molecule has 2 aliphatic heterocycles. The van der Waals surface area contributed by atoms with E-state index < -0.39 is 65.7 Å². The Morgan fingerprint density at radius 1 is 1.19 bits per heavy atom. The third-order valence-electron chi connectivity index (χ3n) is 9.76. The highest BCUT2D eigenvalue weighted by atomic mass is 35.5. The minimum atomic E-state index is -1.69. The highest BCUT2D eigenvalue weighted by Crippen LogP contribution is 2.49. The van der Waals surface area contributed by atoms with Gasteiger partial charge in [0.15, 0.2) is 5.72 Å². The van der Waals surface area contributed by atoms with E-state index in [1.807, 2.05) is 32.1 Å². The topological polar surface area (TPSA) is 156 Å². The Bertz CT molecular complexity index is 1420. The van der Waals surface area contributed by atoms with Crippen molar-refractivity contribution in [3.8, 4) is 5.75 Å². The summed E-state index contributed by atoms with van der Waals surface area (Å²) >= 11 is 6.68. The molecule has 2 aliphatic rings. The molecule has 1 aromatic carbocycles. The molecule has 3 amide bonds. The van der Waals surface area contributed by atoms with E-state index in [1.54, 1.807) is 27.8 Å². The normalized spacial score (nSPS) is 26.3. The fraction of sp³-hybridized carbons (Fsp3) is 0.647. The lowest BCUT2D eigenvalue weighted by atomic mass is 9.84. The molecule has 2 saturated heterocycles. The number of aliphatic hydroxyl groups is 1. The number of esters is 1. The first kappa shape index (κ1) is 39.1. The number of epoxide rings is 1. The number of benzene rings is 1. The number of carbonyl (C=O) groups excluding carboxylic acids is 4. The Morgan fingerprint density at radius 3 is 2.40 bits per heavy atom. The summed E-state index contributed by atoms with van der Waals surface area (Å²) in [5.74, 6) is -1.58. The van der Waals surface area contributed by atoms with Crippen molar-refractivity contribution in [1.82, 2.24) is 10.2 Å². The number of allylic oxidation sites excluding steroid dienone is 2. The van der Waals surface area contributed by atoms with Gasteiger partial charge in [0.25, 0.3) is 0 Å². The lowest BCUT2D eigenvalue weighted by Gasteiger charge is -2.41. The number of alkyl carbamates (subject to hydrolysis) is 1. The quantitative estimate of drug-likeness (QED) is 0.166. The predicted molar refractivity (Wildman–Crippen MR) is 179 cm³/mol. The van der Waals surface area contributed by atoms with Gasteiger partial charge in [-0.05, 0) is 58.7 Å². The Morgan fingerprint density at radius 2 is 1.83 bits per heavy atom. The third kappa shape index (κ3) is 8.42. The Kier molecular flexibility index (Phi) is 12.6. The molecule has 268 valence electrons. The second kappa shape index (κ2) is 15.4. The van der Waals surface area contributed by atoms with Gasteiger partial charge in [-0.25, -0.2) is 9.59 Å². The first-order chi connectivity index (χ1) is 22.3. The van der Waals surface area contributed by atoms with E-state index in [9.17, 15) is 24.3 Å². The molecule has 1 aromatic rings. The van der Waals surface area contributed by atoms with Gasteiger partial charge in [-0.1, -0.05) is 30.2 Å². The molecular weight excluding hydrogens is 646 g/mol. The first-order valence-corrected chi connectivity index (χ1v) is 16.3. The van der Waals surface area contributed by atoms with Gasteiger partial charge in [-0.3, -0.25) is 14.9 Å². The third-order valence-corrected chi connectivity index (χ3v) is 10.1. The molecule has 8 atom stereocenters. The maximum absolute atomic E-state index is 14.0. The summed E-state index contributed by atoms with van der Waals surface area (Å²) in [4.78, 5) is 54.4. The highest BCUT2D eigenvalue weighted by molar-refractivity contribution is 6.35. The van der Waals surface area contributed by atoms with Crippen molar-refractivity contribution in [1.29, 1.82) is 0 Å². The van der Waals surface area contributed by atoms with Crippen LogP contribution in [0.3, 0.4) is 0 Å². The molecule has 0 aliphatic carbocycles. The molecular formula is C34H50ClN3O10. The van der Waals surface area contributed by atoms with Crippen LogP contribution in [0.5, 0.6) is 5.75 Å². The summed E-state index contributed by atoms with van der Waals surface area (Å²) in [6.45, 7) is 11.9. The van der Waals surface area contributed by atoms with Crippen LogP contribution in [0, 0.1) is 5.92 Å². The zero-order chi connectivity index (χ0) is 36.3. The molecule has 0 bridgehead atoms. The average molecular weight is 696 g/mol. The number of nitrogens with one attached hydrogen (secondary N) is 1. The number of cyclic esters (lactones) is 1. The van der Waals surface area contributed by atoms with Crippen molar-refractivity contribution >= 4 is 41.2 Å². The number of methoxy groups -OCH3 is 2. The summed E-state index contributed by atoms with van der Waals surface area (Å²) in [5, 5.41) is 13.8. The lowest BCUT2D eigenvalue weighted by molar-refractivity contribution is -0.161. The van der Waals surface area contributed by atoms with Crippen LogP contribution in [0.15, 0.2) is 23.8 Å². The number of anilines is 1. The van der Waals surface area contributed by atoms with Gasteiger partial charge in [0.2, 0.25) is 11.8 Å². The number of carbonyl (C=O) groups is 4. The smallest absolute Gasteiger partial charge is 0.409 e. The van der Waals surface area contributed by atoms with Crippen molar-refractivity contribution in [2.75, 3.05) is 33.2 Å². The van der Waals surface area contributed by atoms with E-state index in [-0.39, 0.29) is 23.8 Å². The Labute approximate surface area is 287 Å². The van der Waals surface area contributed by atoms with Crippen molar-refractivity contribution < 1.29 is 48.0 Å². The summed E-state index contributed by atoms with van der Waals surface area (Å²) in [6, 6.07) is 2.69. The van der Waals surface area contributed by atoms with Crippen LogP contribution in [-0.2, 0) is 39.8 Å². The molecule has 2 N–H and O–H groups in total. The van der Waals surface area contributed by atoms with Crippen LogP contribution in [0.25, 0.3) is 0 Å². The molecule has 0 aromatic heterocycles. The summed E-state index contributed by atoms with van der Waals surface area (Å²) in [5.41, 5.74) is -0.462. The number of hydrogen-bond acceptors (Lipinski definition) is 10. The second-order valence-corrected chi connectivity index (χ2v) is 13.4. The maximum Gasteiger partial charge on any atom is 0.409 e. The highest BCUT2D eigenvalue weighted by Gasteiger charge is 2.64. The minimum Gasteiger partial charge on any atom is -0.495 e. The Hall–Kier alpha value is -3.39. The fourth-order valence-corrected chi connectivity index (χ4v) is 6.15. The van der Waals surface area contributed by atoms with E-state index in [0.717, 1.165) is 11.1 Å². The van der Waals surface area contributed by atoms with Crippen LogP contribution < -0.4 is 15.0 Å². The van der Waals surface area contributed by atoms with Gasteiger partial charge in [-0.15, -0.1) is 0 Å². The largest absolute Gasteiger partial charge is 0.495 e. The number of hydrogen-bond donors (Lipinski definition) is 2. The minimum absolute atomic E-state index is 0.000777. The van der Waals surface area contributed by atoms with Gasteiger partial charge in [0.1, 0.15) is 40.7 Å². The second-order valence-electron chi connectivity index (χ2n) is 13.0. The standard InChI is InChI=1S/C34H50ClN3O10/c1-12-18(2)13-23-14-24(29(35)25(15-23)45-11)38(9)28(40)16-27(47-31(41)20(4)37(8)22(6)39)33(7)30(48-33)19(3)26-17-34(43,21(5)44-10)36-32(42)46-26/h12,14-15,19-21,26-27,30,43H,13,16-17H2,1-11H3,(H,36,42)/b18-12+/t19-,20+,21-,26+,27+,30?,33+,34+/m1/s1. The molecule has 1 unspecified atom stereocenters. The molecule has 14 heteroatoms. The molecule has 2 fully saturated rings. The summed E-state index contributed by atoms with van der Waals surface area (Å²) < 4.78 is 28.5. The molecule has 3 rings (SSSR count). The summed E-state index contributed by atoms with van der Waals surface area (Å²) in [6.07, 6.45) is -1.78. The van der Waals surface area contributed by atoms with Crippen LogP contribution in [0.2, 0.25) is 5.02 Å². The predicted octanol–water partition coefficient (Wildman–Crippen LogP) is 4.00. The number of ether oxygens (including phenoxy) is 5. The number of nitrogens with zero attached hydrogens (tertiary/aromatic N) is 2. The maximum atomic E-state index is 14.0. The number of likely N-dealkylation sites (N-methyl/N-ethyl adjacent to an activating group) is 1. The number of rotatable bonds is 14. The summed E-state index contributed by atoms with van der Waals surface area (Å²) in [7, 11) is 5.97. The van der Waals surface area contributed by atoms with E-state index in [1.165, 1.54) is 44.9 Å². The van der Waals surface area contributed by atoms with E-state index in [0.29, 0.717) is 17.9 Å². The van der Waals surface area contributed by atoms with Crippen LogP contribution in [0.1, 0.15) is 66.9 Å². The van der Waals surface area contributed by atoms with Gasteiger partial charge in [-0.2, -0.15) is 0 Å². The van der Waals surface area contributed by atoms with Gasteiger partial charge in [0.05, 0.1) is 25.3 Å². The molecule has 0 spiro atoms. The van der Waals surface area contributed by atoms with Gasteiger partial charge >= 0.3 is 12.1 Å². The molecule has 13 nitrogen and oxygen atoms in total. The van der Waals surface area contributed by atoms with Gasteiger partial charge in [0, 0.05) is 40.5 Å². The average Bonchev–Trinajstić information content (AvgIpc) is 3.74. The molecule has 48 heavy (non-hydrogen) atoms. The van der Waals surface area contributed by atoms with E-state index in [4.69, 9.17) is 35.3 Å². The molecule has 0 saturated carbocycles. The lowest BCUT2D eigenvalue weighted by Crippen LogP contribution is -2.63. The fourth-order valence-electron chi connectivity index (χ4n) is 5.84. The van der Waals surface area contributed by atoms with Crippen LogP contribution >= 0.6 is 11.6 Å². The monoisotopic (exact) mass is 695 g/mol. The van der Waals surface area contributed by atoms with Crippen LogP contribution in [-0.4, -0.2) is 104 Å². The SMILES string of the molecule is C/C=C(\C)Cc1cc(OC)c(Cl)c(N(C)C(=O)C[C@H](OC(=O)[C@H](C)N(C)C(C)=O)[C@]2(C)OC2[C@H](C)[C@@H]2C[C@](O)([C@@H](C)OC)NC(=O)O2)c1. The number of amides is 3. The zero-order valence-electron chi connectivity index (χ0n) is 29.7. The van der Waals surface area contributed by atoms with Crippen LogP contribution in [0.4, 0.5) is 10.5 Å². The number of halogens is 1. The zero-order valence-corrected chi connectivity index (χ0v) is 30.5. The molecule has 2 heterocycles. The first-order valence-electron chi connectivity index (χ1n) is 15.9. The van der Waals surface area contributed by atoms with Crippen molar-refractivity contribution in [3.63, 3.8) is 0 Å². The molecule has 0 radical (unpaired) electrons. The van der Waals surface area contributed by atoms with Crippen molar-refractivity contribution in [2.45, 2.75) is 110 Å². The van der Waals surface area contributed by atoms with Gasteiger partial charge < -0.3 is 38.6 Å². The van der Waals surface area contributed by atoms with Crippen molar-refractivity contribution in [2.24, 2.45) is 5.92 Å². The van der Waals surface area contributed by atoms with Crippen molar-refractivity contribution in [3.05, 3.63) is 34.4 Å². The van der Waals surface area contributed by atoms with E-state index in [2.05, 4.69) is 5.32 Å². The Balaban J connectivity index is 1.93. The van der Waals surface area contributed by atoms with E-state index >= 15 is 0 Å².